The molecule has 2 aromatic rings. The maximum Gasteiger partial charge on any atom is 0.207 e. The molecule has 0 saturated carbocycles. The zero-order valence-electron chi connectivity index (χ0n) is 21.6. The molecular formula is C27H40FN3O3S2. The molecular weight excluding hydrogens is 497 g/mol. The van der Waals surface area contributed by atoms with Gasteiger partial charge in [-0.3, -0.25) is 9.79 Å². The van der Waals surface area contributed by atoms with Crippen molar-refractivity contribution in [3.8, 4) is 0 Å². The second kappa shape index (κ2) is 22.9. The number of thiophene rings is 1. The van der Waals surface area contributed by atoms with Crippen LogP contribution in [0.15, 0.2) is 46.4 Å². The van der Waals surface area contributed by atoms with Gasteiger partial charge < -0.3 is 20.5 Å². The summed E-state index contributed by atoms with van der Waals surface area (Å²) >= 11 is 3.16. The number of benzene rings is 1. The van der Waals surface area contributed by atoms with Crippen molar-refractivity contribution in [3.63, 3.8) is 0 Å². The largest absolute Gasteiger partial charge is 0.400 e. The fourth-order valence-corrected chi connectivity index (χ4v) is 4.52. The first-order valence-electron chi connectivity index (χ1n) is 11.9. The lowest BCUT2D eigenvalue weighted by molar-refractivity contribution is -0.109. The van der Waals surface area contributed by atoms with Crippen LogP contribution >= 0.6 is 23.1 Å². The first-order valence-corrected chi connectivity index (χ1v) is 13.8. The summed E-state index contributed by atoms with van der Waals surface area (Å²) < 4.78 is 13.5. The standard InChI is InChI=1S/C19H26FNS.C7H10N2O2S.CH4O/c1-3-4-5-6-7-8-16-13-17(20)10-12-19(16)21-14-18-11-9-15(2)22-18;1-8-7(2-3-10)4-12-6-9-5-11;1-2/h9-13,21H,3-8,14H2,1-2H3;3-5H,1-2,6H2,(H,9,11);2H,1H3/b;7-4-;. The Morgan fingerprint density at radius 1 is 1.17 bits per heavy atom. The van der Waals surface area contributed by atoms with Gasteiger partial charge in [-0.25, -0.2) is 4.39 Å². The number of hydrogen-bond donors (Lipinski definition) is 3. The van der Waals surface area contributed by atoms with Crippen molar-refractivity contribution in [1.29, 1.82) is 0 Å². The van der Waals surface area contributed by atoms with Crippen molar-refractivity contribution in [2.45, 2.75) is 65.3 Å². The molecule has 0 unspecified atom stereocenters. The lowest BCUT2D eigenvalue weighted by Gasteiger charge is -2.12. The smallest absolute Gasteiger partial charge is 0.207 e. The molecule has 0 saturated heterocycles. The van der Waals surface area contributed by atoms with E-state index in [-0.39, 0.29) is 12.2 Å². The molecule has 0 aliphatic rings. The van der Waals surface area contributed by atoms with E-state index in [0.717, 1.165) is 44.0 Å². The van der Waals surface area contributed by atoms with Gasteiger partial charge in [0.1, 0.15) is 12.1 Å². The average molecular weight is 538 g/mol. The third-order valence-electron chi connectivity index (χ3n) is 4.83. The van der Waals surface area contributed by atoms with Crippen LogP contribution in [-0.2, 0) is 22.6 Å². The highest BCUT2D eigenvalue weighted by molar-refractivity contribution is 8.02. The molecule has 0 fully saturated rings. The van der Waals surface area contributed by atoms with Gasteiger partial charge in [0, 0.05) is 35.5 Å². The minimum atomic E-state index is -0.138. The maximum atomic E-state index is 13.5. The van der Waals surface area contributed by atoms with Crippen molar-refractivity contribution in [2.24, 2.45) is 4.99 Å². The summed E-state index contributed by atoms with van der Waals surface area (Å²) in [6.07, 6.45) is 8.78. The average Bonchev–Trinajstić information content (AvgIpc) is 3.31. The highest BCUT2D eigenvalue weighted by Gasteiger charge is 2.05. The van der Waals surface area contributed by atoms with Gasteiger partial charge in [-0.15, -0.1) is 23.1 Å². The summed E-state index contributed by atoms with van der Waals surface area (Å²) in [4.78, 5) is 26.1. The van der Waals surface area contributed by atoms with E-state index < -0.39 is 0 Å². The third kappa shape index (κ3) is 16.2. The van der Waals surface area contributed by atoms with Crippen LogP contribution in [0.4, 0.5) is 10.1 Å². The number of aryl methyl sites for hydroxylation is 2. The van der Waals surface area contributed by atoms with E-state index in [1.807, 2.05) is 6.07 Å². The lowest BCUT2D eigenvalue weighted by Crippen LogP contribution is -2.07. The number of aliphatic hydroxyl groups is 1. The summed E-state index contributed by atoms with van der Waals surface area (Å²) in [7, 11) is 1.00. The summed E-state index contributed by atoms with van der Waals surface area (Å²) in [5.74, 6) is 0.336. The van der Waals surface area contributed by atoms with E-state index in [0.29, 0.717) is 18.0 Å². The van der Waals surface area contributed by atoms with Gasteiger partial charge in [0.2, 0.25) is 6.41 Å². The van der Waals surface area contributed by atoms with Crippen molar-refractivity contribution in [1.82, 2.24) is 5.32 Å². The number of amides is 1. The fraction of sp³-hybridized carbons (Fsp3) is 0.444. The van der Waals surface area contributed by atoms with Crippen LogP contribution in [0, 0.1) is 12.7 Å². The molecule has 0 aliphatic heterocycles. The molecule has 0 bridgehead atoms. The molecule has 2 rings (SSSR count). The lowest BCUT2D eigenvalue weighted by atomic mass is 10.0. The number of allylic oxidation sites excluding steroid dienone is 1. The predicted octanol–water partition coefficient (Wildman–Crippen LogP) is 6.48. The summed E-state index contributed by atoms with van der Waals surface area (Å²) in [5, 5.41) is 14.6. The molecule has 1 amide bonds. The molecule has 0 spiro atoms. The molecule has 1 aromatic heterocycles. The van der Waals surface area contributed by atoms with Crippen LogP contribution in [0.5, 0.6) is 0 Å². The molecule has 3 N–H and O–H groups in total. The zero-order valence-corrected chi connectivity index (χ0v) is 23.2. The van der Waals surface area contributed by atoms with Crippen molar-refractivity contribution in [2.75, 3.05) is 18.3 Å². The van der Waals surface area contributed by atoms with E-state index in [9.17, 15) is 14.0 Å². The Hall–Kier alpha value is -2.49. The van der Waals surface area contributed by atoms with Crippen LogP contribution in [-0.4, -0.2) is 37.5 Å². The summed E-state index contributed by atoms with van der Waals surface area (Å²) in [6.45, 7) is 8.45. The number of aliphatic imine (C=N–C) groups is 1. The summed E-state index contributed by atoms with van der Waals surface area (Å²) in [6, 6.07) is 9.39. The quantitative estimate of drug-likeness (QED) is 0.0986. The van der Waals surface area contributed by atoms with Crippen LogP contribution in [0.3, 0.4) is 0 Å². The van der Waals surface area contributed by atoms with Gasteiger partial charge in [0.05, 0.1) is 11.6 Å². The first-order chi connectivity index (χ1) is 17.5. The molecule has 200 valence electrons. The monoisotopic (exact) mass is 537 g/mol. The number of aldehydes is 1. The Morgan fingerprint density at radius 3 is 2.53 bits per heavy atom. The molecule has 0 aliphatic carbocycles. The SMILES string of the molecule is C=N/C(=C\SCNC=O)CC=O.CCCCCCCc1cc(F)ccc1NCc1ccc(C)s1.CO. The van der Waals surface area contributed by atoms with E-state index in [1.54, 1.807) is 28.9 Å². The molecule has 6 nitrogen and oxygen atoms in total. The number of aliphatic hydroxyl groups excluding tert-OH is 1. The highest BCUT2D eigenvalue weighted by atomic mass is 32.2. The first kappa shape index (κ1) is 33.5. The van der Waals surface area contributed by atoms with E-state index in [2.05, 4.69) is 48.3 Å². The number of nitrogens with zero attached hydrogens (tertiary/aromatic N) is 1. The van der Waals surface area contributed by atoms with Gasteiger partial charge in [-0.2, -0.15) is 0 Å². The van der Waals surface area contributed by atoms with Crippen molar-refractivity contribution >= 4 is 48.2 Å². The normalized spacial score (nSPS) is 10.3. The number of halogens is 1. The highest BCUT2D eigenvalue weighted by Crippen LogP contribution is 2.22. The third-order valence-corrected chi connectivity index (χ3v) is 6.60. The topological polar surface area (TPSA) is 90.8 Å². The van der Waals surface area contributed by atoms with Crippen molar-refractivity contribution < 1.29 is 19.1 Å². The van der Waals surface area contributed by atoms with E-state index in [1.165, 1.54) is 47.2 Å². The maximum absolute atomic E-state index is 13.5. The van der Waals surface area contributed by atoms with Crippen LogP contribution < -0.4 is 10.6 Å². The molecule has 0 atom stereocenters. The molecule has 9 heteroatoms. The van der Waals surface area contributed by atoms with Gasteiger partial charge >= 0.3 is 0 Å². The van der Waals surface area contributed by atoms with Crippen molar-refractivity contribution in [3.05, 3.63) is 62.6 Å². The predicted molar refractivity (Wildman–Crippen MR) is 153 cm³/mol. The number of carbonyl (C=O) groups excluding carboxylic acids is 2. The van der Waals surface area contributed by atoms with E-state index in [4.69, 9.17) is 5.11 Å². The molecule has 1 aromatic carbocycles. The molecule has 1 heterocycles. The van der Waals surface area contributed by atoms with Crippen LogP contribution in [0.2, 0.25) is 0 Å². The zero-order chi connectivity index (χ0) is 27.0. The Kier molecular flexibility index (Phi) is 21.4. The fourth-order valence-electron chi connectivity index (χ4n) is 3.08. The number of nitrogens with one attached hydrogen (secondary N) is 2. The number of carbonyl (C=O) groups is 2. The Balaban J connectivity index is 0.000000746. The Morgan fingerprint density at radius 2 is 1.92 bits per heavy atom. The number of thioether (sulfide) groups is 1. The number of rotatable bonds is 16. The minimum Gasteiger partial charge on any atom is -0.400 e. The van der Waals surface area contributed by atoms with Gasteiger partial charge in [0.15, 0.2) is 0 Å². The van der Waals surface area contributed by atoms with E-state index >= 15 is 0 Å². The Labute approximate surface area is 223 Å². The van der Waals surface area contributed by atoms with Gasteiger partial charge in [-0.1, -0.05) is 32.6 Å². The summed E-state index contributed by atoms with van der Waals surface area (Å²) in [5.41, 5.74) is 2.79. The minimum absolute atomic E-state index is 0.138. The van der Waals surface area contributed by atoms with Crippen LogP contribution in [0.25, 0.3) is 0 Å². The second-order valence-corrected chi connectivity index (χ2v) is 9.83. The van der Waals surface area contributed by atoms with Gasteiger partial charge in [0.25, 0.3) is 0 Å². The molecule has 36 heavy (non-hydrogen) atoms. The number of hydrogen-bond acceptors (Lipinski definition) is 7. The van der Waals surface area contributed by atoms with Crippen LogP contribution in [0.1, 0.15) is 60.8 Å². The second-order valence-electron chi connectivity index (χ2n) is 7.60. The van der Waals surface area contributed by atoms with Gasteiger partial charge in [-0.05, 0) is 67.8 Å². The molecule has 0 radical (unpaired) electrons. The number of unbranched alkanes of at least 4 members (excludes halogenated alkanes) is 4. The Bertz CT molecular complexity index is 904. The number of anilines is 1.